The van der Waals surface area contributed by atoms with Crippen LogP contribution in [0.1, 0.15) is 36.8 Å². The zero-order valence-electron chi connectivity index (χ0n) is 19.4. The number of hydrogen-bond donors (Lipinski definition) is 1. The van der Waals surface area contributed by atoms with Crippen LogP contribution in [0.3, 0.4) is 0 Å². The quantitative estimate of drug-likeness (QED) is 0.410. The van der Waals surface area contributed by atoms with Gasteiger partial charge in [0.1, 0.15) is 0 Å². The van der Waals surface area contributed by atoms with E-state index in [2.05, 4.69) is 96.4 Å². The predicted molar refractivity (Wildman–Crippen MR) is 150 cm³/mol. The Morgan fingerprint density at radius 1 is 0.824 bits per heavy atom. The summed E-state index contributed by atoms with van der Waals surface area (Å²) in [4.78, 5) is 1.48. The second-order valence-electron chi connectivity index (χ2n) is 9.18. The molecule has 1 heterocycles. The lowest BCUT2D eigenvalue weighted by molar-refractivity contribution is 0.831. The highest BCUT2D eigenvalue weighted by atomic mass is 32.2. The van der Waals surface area contributed by atoms with E-state index in [1.54, 1.807) is 5.57 Å². The van der Waals surface area contributed by atoms with Crippen molar-refractivity contribution < 1.29 is 0 Å². The summed E-state index contributed by atoms with van der Waals surface area (Å²) in [7, 11) is 0. The van der Waals surface area contributed by atoms with Crippen LogP contribution >= 0.6 is 11.8 Å². The average molecular weight is 460 g/mol. The third-order valence-corrected chi connectivity index (χ3v) is 8.09. The normalized spacial score (nSPS) is 17.8. The summed E-state index contributed by atoms with van der Waals surface area (Å²) < 4.78 is 0. The largest absolute Gasteiger partial charge is 0.356 e. The smallest absolute Gasteiger partial charge is 0.0390 e. The van der Waals surface area contributed by atoms with Crippen molar-refractivity contribution in [3.05, 3.63) is 124 Å². The zero-order valence-corrected chi connectivity index (χ0v) is 20.2. The third-order valence-electron chi connectivity index (χ3n) is 7.05. The van der Waals surface area contributed by atoms with Crippen molar-refractivity contribution in [1.29, 1.82) is 0 Å². The van der Waals surface area contributed by atoms with E-state index in [1.165, 1.54) is 69.4 Å². The molecule has 7 rings (SSSR count). The molecular weight excluding hydrogens is 430 g/mol. The number of fused-ring (bicyclic) bond motifs is 5. The molecule has 0 spiro atoms. The molecule has 1 nitrogen and oxygen atoms in total. The molecule has 0 bridgehead atoms. The lowest BCUT2D eigenvalue weighted by atomic mass is 9.79. The van der Waals surface area contributed by atoms with Crippen LogP contribution < -0.4 is 5.32 Å². The first-order valence-electron chi connectivity index (χ1n) is 12.3. The Labute approximate surface area is 206 Å². The maximum atomic E-state index is 3.50. The van der Waals surface area contributed by atoms with Gasteiger partial charge in [0.15, 0.2) is 0 Å². The van der Waals surface area contributed by atoms with E-state index in [1.807, 2.05) is 17.8 Å². The maximum absolute atomic E-state index is 3.50. The van der Waals surface area contributed by atoms with Gasteiger partial charge >= 0.3 is 0 Å². The number of allylic oxidation sites excluding steroid dienone is 8. The minimum atomic E-state index is 1.13. The maximum Gasteiger partial charge on any atom is 0.0390 e. The average Bonchev–Trinajstić information content (AvgIpc) is 3.38. The fourth-order valence-corrected chi connectivity index (χ4v) is 6.31. The van der Waals surface area contributed by atoms with Gasteiger partial charge in [-0.3, -0.25) is 0 Å². The van der Waals surface area contributed by atoms with Crippen molar-refractivity contribution in [2.75, 3.05) is 11.1 Å². The molecule has 0 saturated carbocycles. The van der Waals surface area contributed by atoms with Gasteiger partial charge in [-0.2, -0.15) is 0 Å². The molecule has 0 aromatic heterocycles. The molecule has 4 aliphatic rings. The van der Waals surface area contributed by atoms with Crippen LogP contribution in [0.5, 0.6) is 0 Å². The molecule has 3 aromatic carbocycles. The highest BCUT2D eigenvalue weighted by Crippen LogP contribution is 2.40. The molecule has 0 fully saturated rings. The molecule has 3 aromatic rings. The topological polar surface area (TPSA) is 12.0 Å². The van der Waals surface area contributed by atoms with Crippen molar-refractivity contribution in [2.45, 2.75) is 32.1 Å². The van der Waals surface area contributed by atoms with Crippen molar-refractivity contribution in [3.8, 4) is 0 Å². The molecule has 0 radical (unpaired) electrons. The first-order chi connectivity index (χ1) is 16.8. The Hall–Kier alpha value is -3.23. The van der Waals surface area contributed by atoms with Gasteiger partial charge in [0.05, 0.1) is 0 Å². The monoisotopic (exact) mass is 459 g/mol. The molecule has 0 unspecified atom stereocenters. The van der Waals surface area contributed by atoms with Crippen LogP contribution in [0.15, 0.2) is 113 Å². The van der Waals surface area contributed by atoms with E-state index in [9.17, 15) is 0 Å². The van der Waals surface area contributed by atoms with Crippen molar-refractivity contribution in [3.63, 3.8) is 0 Å². The minimum absolute atomic E-state index is 1.13. The number of hydrogen-bond acceptors (Lipinski definition) is 2. The van der Waals surface area contributed by atoms with Gasteiger partial charge in [-0.25, -0.2) is 0 Å². The van der Waals surface area contributed by atoms with E-state index >= 15 is 0 Å². The standard InChI is InChI=1S/C24H21N.C8H8S/c1-2-7-19(8-3-1)25-20-12-15-22-18(16-20)11-14-23-21-9-5-4-6-17(21)10-13-24(22)23;1-2-4-8-7(3-1)5-6-9-8/h1-3,5,7-9,11-12,14-16,25H,4,6,10,13H2;1-2,4-5H,3,6H2. The summed E-state index contributed by atoms with van der Waals surface area (Å²) in [5.41, 5.74) is 9.91. The molecule has 1 N–H and O–H groups in total. The molecule has 34 heavy (non-hydrogen) atoms. The summed E-state index contributed by atoms with van der Waals surface area (Å²) in [6, 6.07) is 21.7. The first kappa shape index (κ1) is 21.3. The van der Waals surface area contributed by atoms with Crippen LogP contribution in [-0.4, -0.2) is 5.75 Å². The van der Waals surface area contributed by atoms with Crippen LogP contribution in [0, 0.1) is 0 Å². The molecule has 2 heteroatoms. The molecule has 1 aliphatic heterocycles. The van der Waals surface area contributed by atoms with E-state index in [0.29, 0.717) is 0 Å². The van der Waals surface area contributed by atoms with Crippen LogP contribution in [0.4, 0.5) is 11.4 Å². The molecule has 0 amide bonds. The summed E-state index contributed by atoms with van der Waals surface area (Å²) in [6.07, 6.45) is 19.5. The predicted octanol–water partition coefficient (Wildman–Crippen LogP) is 9.14. The number of rotatable bonds is 2. The Balaban J connectivity index is 0.000000202. The zero-order chi connectivity index (χ0) is 22.7. The number of thioether (sulfide) groups is 1. The minimum Gasteiger partial charge on any atom is -0.356 e. The van der Waals surface area contributed by atoms with Crippen LogP contribution in [-0.2, 0) is 6.42 Å². The first-order valence-corrected chi connectivity index (χ1v) is 13.3. The second-order valence-corrected chi connectivity index (χ2v) is 10.2. The van der Waals surface area contributed by atoms with Crippen molar-refractivity contribution in [2.24, 2.45) is 0 Å². The van der Waals surface area contributed by atoms with Crippen LogP contribution in [0.25, 0.3) is 16.3 Å². The molecule has 0 saturated heterocycles. The third kappa shape index (κ3) is 4.31. The number of benzene rings is 3. The number of aryl methyl sites for hydroxylation is 1. The van der Waals surface area contributed by atoms with Gasteiger partial charge in [-0.05, 0) is 95.5 Å². The number of para-hydroxylation sites is 1. The van der Waals surface area contributed by atoms with E-state index in [-0.39, 0.29) is 0 Å². The fraction of sp³-hybridized carbons (Fsp3) is 0.188. The highest BCUT2D eigenvalue weighted by Gasteiger charge is 2.20. The fourth-order valence-electron chi connectivity index (χ4n) is 5.32. The lowest BCUT2D eigenvalue weighted by Crippen LogP contribution is -2.07. The van der Waals surface area contributed by atoms with Gasteiger partial charge < -0.3 is 5.32 Å². The van der Waals surface area contributed by atoms with Crippen molar-refractivity contribution in [1.82, 2.24) is 0 Å². The van der Waals surface area contributed by atoms with E-state index < -0.39 is 0 Å². The highest BCUT2D eigenvalue weighted by molar-refractivity contribution is 8.03. The molecule has 3 aliphatic carbocycles. The summed E-state index contributed by atoms with van der Waals surface area (Å²) in [5.74, 6) is 1.18. The summed E-state index contributed by atoms with van der Waals surface area (Å²) in [6.45, 7) is 0. The molecule has 168 valence electrons. The Morgan fingerprint density at radius 3 is 2.68 bits per heavy atom. The molecular formula is C32H29NS. The van der Waals surface area contributed by atoms with E-state index in [0.717, 1.165) is 17.8 Å². The van der Waals surface area contributed by atoms with Gasteiger partial charge in [0.25, 0.3) is 0 Å². The number of anilines is 2. The SMILES string of the molecule is C1=CC2=C(CC1)CCc1c2ccc2cc(Nc3ccccc3)ccc12.C1=CCC2=CCSC2=C1. The Bertz CT molecular complexity index is 1390. The molecule has 0 atom stereocenters. The van der Waals surface area contributed by atoms with E-state index in [4.69, 9.17) is 0 Å². The summed E-state index contributed by atoms with van der Waals surface area (Å²) in [5, 5.41) is 6.23. The Morgan fingerprint density at radius 2 is 1.76 bits per heavy atom. The second kappa shape index (κ2) is 9.56. The summed E-state index contributed by atoms with van der Waals surface area (Å²) >= 11 is 1.94. The van der Waals surface area contributed by atoms with Crippen LogP contribution in [0.2, 0.25) is 0 Å². The van der Waals surface area contributed by atoms with Crippen molar-refractivity contribution >= 4 is 39.5 Å². The van der Waals surface area contributed by atoms with Gasteiger partial charge in [-0.15, -0.1) is 11.8 Å². The van der Waals surface area contributed by atoms with Gasteiger partial charge in [-0.1, -0.05) is 72.4 Å². The van der Waals surface area contributed by atoms with Gasteiger partial charge in [0.2, 0.25) is 0 Å². The van der Waals surface area contributed by atoms with Gasteiger partial charge in [0, 0.05) is 22.0 Å². The lowest BCUT2D eigenvalue weighted by Gasteiger charge is -2.25. The number of nitrogens with one attached hydrogen (secondary N) is 1. The Kier molecular flexibility index (Phi) is 5.99.